The van der Waals surface area contributed by atoms with E-state index >= 15 is 0 Å². The summed E-state index contributed by atoms with van der Waals surface area (Å²) in [5, 5.41) is 0. The second-order valence-electron chi connectivity index (χ2n) is 5.29. The molecule has 1 rings (SSSR count). The topological polar surface area (TPSA) is 72.5 Å². The first-order valence-electron chi connectivity index (χ1n) is 8.99. The Bertz CT molecular complexity index is 456. The van der Waals surface area contributed by atoms with E-state index in [0.717, 1.165) is 6.29 Å². The van der Waals surface area contributed by atoms with Crippen LogP contribution in [0.5, 0.6) is 5.75 Å². The van der Waals surface area contributed by atoms with Crippen molar-refractivity contribution in [3.05, 3.63) is 29.8 Å². The van der Waals surface area contributed by atoms with Crippen LogP contribution in [0.3, 0.4) is 0 Å². The number of ether oxygens (including phenoxy) is 6. The molecule has 0 heterocycles. The van der Waals surface area contributed by atoms with E-state index < -0.39 is 0 Å². The summed E-state index contributed by atoms with van der Waals surface area (Å²) < 4.78 is 32.2. The van der Waals surface area contributed by atoms with Gasteiger partial charge in [0.2, 0.25) is 0 Å². The third kappa shape index (κ3) is 14.5. The molecule has 0 N–H and O–H groups in total. The van der Waals surface area contributed by atoms with Crippen molar-refractivity contribution >= 4 is 17.9 Å². The van der Waals surface area contributed by atoms with Crippen molar-refractivity contribution in [1.82, 2.24) is 0 Å². The van der Waals surface area contributed by atoms with Gasteiger partial charge in [-0.1, -0.05) is 0 Å². The van der Waals surface area contributed by atoms with Gasteiger partial charge < -0.3 is 28.4 Å². The molecule has 0 aromatic heterocycles. The van der Waals surface area contributed by atoms with E-state index in [1.54, 1.807) is 24.3 Å². The van der Waals surface area contributed by atoms with Crippen LogP contribution < -0.4 is 4.74 Å². The number of carbonyl (C=O) groups is 1. The van der Waals surface area contributed by atoms with Crippen molar-refractivity contribution in [2.45, 2.75) is 0 Å². The molecule has 0 saturated carbocycles. The number of hydrogen-bond acceptors (Lipinski definition) is 7. The molecule has 154 valence electrons. The zero-order valence-electron chi connectivity index (χ0n) is 15.6. The van der Waals surface area contributed by atoms with E-state index in [0.29, 0.717) is 89.9 Å². The lowest BCUT2D eigenvalue weighted by Gasteiger charge is -2.08. The molecule has 0 aliphatic rings. The van der Waals surface area contributed by atoms with Gasteiger partial charge in [0, 0.05) is 11.4 Å². The molecule has 27 heavy (non-hydrogen) atoms. The monoisotopic (exact) mass is 404 g/mol. The van der Waals surface area contributed by atoms with Gasteiger partial charge in [-0.05, 0) is 24.3 Å². The van der Waals surface area contributed by atoms with Gasteiger partial charge in [0.25, 0.3) is 0 Å². The molecular formula is C19H29ClO7. The van der Waals surface area contributed by atoms with E-state index in [2.05, 4.69) is 0 Å². The van der Waals surface area contributed by atoms with Crippen molar-refractivity contribution in [1.29, 1.82) is 0 Å². The third-order valence-electron chi connectivity index (χ3n) is 3.22. The average molecular weight is 405 g/mol. The first kappa shape index (κ1) is 23.8. The summed E-state index contributed by atoms with van der Waals surface area (Å²) in [6.07, 6.45) is 0.799. The van der Waals surface area contributed by atoms with Gasteiger partial charge in [-0.3, -0.25) is 4.79 Å². The standard InChI is InChI=1S/C19H29ClO7/c20-5-6-22-7-8-23-9-10-24-11-12-25-13-14-26-15-16-27-19-3-1-18(17-21)2-4-19/h1-4,17H,5-16H2. The molecule has 0 fully saturated rings. The summed E-state index contributed by atoms with van der Waals surface area (Å²) in [6, 6.07) is 6.94. The number of alkyl halides is 1. The normalized spacial score (nSPS) is 10.9. The summed E-state index contributed by atoms with van der Waals surface area (Å²) >= 11 is 5.48. The Balaban J connectivity index is 1.76. The minimum absolute atomic E-state index is 0.445. The van der Waals surface area contributed by atoms with E-state index in [4.69, 9.17) is 40.0 Å². The van der Waals surface area contributed by atoms with Crippen LogP contribution in [0, 0.1) is 0 Å². The number of carbonyl (C=O) groups excluding carboxylic acids is 1. The molecule has 0 amide bonds. The second kappa shape index (κ2) is 18.2. The van der Waals surface area contributed by atoms with Gasteiger partial charge in [-0.15, -0.1) is 11.6 Å². The summed E-state index contributed by atoms with van der Waals surface area (Å²) in [5.74, 6) is 1.21. The highest BCUT2D eigenvalue weighted by Gasteiger charge is 1.96. The fourth-order valence-electron chi connectivity index (χ4n) is 1.90. The molecule has 8 heteroatoms. The van der Waals surface area contributed by atoms with Crippen molar-refractivity contribution in [2.75, 3.05) is 78.6 Å². The van der Waals surface area contributed by atoms with Gasteiger partial charge >= 0.3 is 0 Å². The molecule has 1 aromatic carbocycles. The van der Waals surface area contributed by atoms with Crippen LogP contribution in [0.1, 0.15) is 10.4 Å². The molecule has 0 radical (unpaired) electrons. The molecule has 7 nitrogen and oxygen atoms in total. The fourth-order valence-corrected chi connectivity index (χ4v) is 2.01. The Kier molecular flexibility index (Phi) is 16.0. The Hall–Kier alpha value is -1.22. The van der Waals surface area contributed by atoms with Crippen molar-refractivity contribution in [2.24, 2.45) is 0 Å². The second-order valence-corrected chi connectivity index (χ2v) is 5.66. The third-order valence-corrected chi connectivity index (χ3v) is 3.38. The molecular weight excluding hydrogens is 376 g/mol. The minimum atomic E-state index is 0.445. The van der Waals surface area contributed by atoms with Crippen molar-refractivity contribution in [3.63, 3.8) is 0 Å². The summed E-state index contributed by atoms with van der Waals surface area (Å²) in [6.45, 7) is 5.66. The van der Waals surface area contributed by atoms with E-state index in [1.807, 2.05) is 0 Å². The molecule has 0 spiro atoms. The van der Waals surface area contributed by atoms with Crippen LogP contribution >= 0.6 is 11.6 Å². The van der Waals surface area contributed by atoms with Crippen LogP contribution in [0.2, 0.25) is 0 Å². The summed E-state index contributed by atoms with van der Waals surface area (Å²) in [5.41, 5.74) is 0.625. The lowest BCUT2D eigenvalue weighted by atomic mass is 10.2. The van der Waals surface area contributed by atoms with Crippen LogP contribution in [0.25, 0.3) is 0 Å². The lowest BCUT2D eigenvalue weighted by Crippen LogP contribution is -2.14. The maximum absolute atomic E-state index is 10.6. The predicted octanol–water partition coefficient (Wildman–Crippen LogP) is 2.20. The Labute approximate surface area is 165 Å². The lowest BCUT2D eigenvalue weighted by molar-refractivity contribution is -0.0118. The molecule has 0 bridgehead atoms. The Morgan fingerprint density at radius 2 is 1.04 bits per heavy atom. The van der Waals surface area contributed by atoms with Crippen molar-refractivity contribution < 1.29 is 33.2 Å². The highest BCUT2D eigenvalue weighted by Crippen LogP contribution is 2.10. The maximum atomic E-state index is 10.6. The predicted molar refractivity (Wildman–Crippen MR) is 102 cm³/mol. The summed E-state index contributed by atoms with van der Waals surface area (Å²) in [4.78, 5) is 10.6. The van der Waals surface area contributed by atoms with Gasteiger partial charge in [0.05, 0.1) is 66.1 Å². The molecule has 1 aromatic rings. The first-order chi connectivity index (χ1) is 13.4. The van der Waals surface area contributed by atoms with Crippen LogP contribution in [-0.2, 0) is 23.7 Å². The Morgan fingerprint density at radius 1 is 0.630 bits per heavy atom. The molecule has 0 saturated heterocycles. The quantitative estimate of drug-likeness (QED) is 0.199. The maximum Gasteiger partial charge on any atom is 0.150 e. The summed E-state index contributed by atoms with van der Waals surface area (Å²) in [7, 11) is 0. The van der Waals surface area contributed by atoms with E-state index in [-0.39, 0.29) is 0 Å². The highest BCUT2D eigenvalue weighted by atomic mass is 35.5. The smallest absolute Gasteiger partial charge is 0.150 e. The number of rotatable bonds is 19. The van der Waals surface area contributed by atoms with E-state index in [9.17, 15) is 4.79 Å². The minimum Gasteiger partial charge on any atom is -0.491 e. The zero-order chi connectivity index (χ0) is 19.4. The first-order valence-corrected chi connectivity index (χ1v) is 9.53. The number of halogens is 1. The highest BCUT2D eigenvalue weighted by molar-refractivity contribution is 6.17. The largest absolute Gasteiger partial charge is 0.491 e. The number of hydrogen-bond donors (Lipinski definition) is 0. The van der Waals surface area contributed by atoms with Gasteiger partial charge in [0.15, 0.2) is 0 Å². The average Bonchev–Trinajstić information content (AvgIpc) is 2.70. The molecule has 0 atom stereocenters. The van der Waals surface area contributed by atoms with Gasteiger partial charge in [-0.25, -0.2) is 0 Å². The van der Waals surface area contributed by atoms with E-state index in [1.165, 1.54) is 0 Å². The molecule has 0 unspecified atom stereocenters. The number of aldehydes is 1. The number of benzene rings is 1. The SMILES string of the molecule is O=Cc1ccc(OCCOCCOCCOCCOCCOCCCl)cc1. The van der Waals surface area contributed by atoms with Crippen molar-refractivity contribution in [3.8, 4) is 5.75 Å². The Morgan fingerprint density at radius 3 is 1.44 bits per heavy atom. The van der Waals surface area contributed by atoms with Gasteiger partial charge in [-0.2, -0.15) is 0 Å². The van der Waals surface area contributed by atoms with Gasteiger partial charge in [0.1, 0.15) is 18.6 Å². The van der Waals surface area contributed by atoms with Crippen LogP contribution in [-0.4, -0.2) is 84.8 Å². The zero-order valence-corrected chi connectivity index (χ0v) is 16.4. The molecule has 0 aliphatic carbocycles. The molecule has 0 aliphatic heterocycles. The van der Waals surface area contributed by atoms with Crippen LogP contribution in [0.4, 0.5) is 0 Å². The van der Waals surface area contributed by atoms with Crippen LogP contribution in [0.15, 0.2) is 24.3 Å². The fraction of sp³-hybridized carbons (Fsp3) is 0.632.